The Morgan fingerprint density at radius 2 is 0.921 bits per heavy atom. The Hall–Kier alpha value is -3.08. The summed E-state index contributed by atoms with van der Waals surface area (Å²) >= 11 is 0. The van der Waals surface area contributed by atoms with Gasteiger partial charge in [0.2, 0.25) is 5.91 Å². The standard InChI is InChI=1S/C51H88NO10P/c1-3-5-7-9-11-13-15-17-19-21-23-24-25-27-29-31-33-35-37-39-41-43-50(55)60-44-47(53)45-61-63(58,59)62-46-48(51(56)57)52-49(54)42-40-38-36-34-32-30-28-26-22-20-18-16-14-12-10-8-6-4-2/h5,7,11,13,17,19,23-24,27,29,33,35,47-48,53H,3-4,6,8-10,12,14-16,18,20-22,25-26,28,30-32,34,36-46H2,1-2H3,(H,52,54)(H,56,57)(H,58,59)/b7-5-,13-11-,19-17-,24-23-,29-27-,35-33-. The molecule has 12 heteroatoms. The van der Waals surface area contributed by atoms with E-state index in [9.17, 15) is 34.1 Å². The second-order valence-corrected chi connectivity index (χ2v) is 17.7. The van der Waals surface area contributed by atoms with Crippen molar-refractivity contribution in [1.29, 1.82) is 0 Å². The topological polar surface area (TPSA) is 169 Å². The van der Waals surface area contributed by atoms with Crippen molar-refractivity contribution in [3.63, 3.8) is 0 Å². The summed E-state index contributed by atoms with van der Waals surface area (Å²) in [6.45, 7) is 2.45. The molecule has 0 rings (SSSR count). The van der Waals surface area contributed by atoms with Crippen molar-refractivity contribution in [3.05, 3.63) is 72.9 Å². The van der Waals surface area contributed by atoms with Gasteiger partial charge in [-0.25, -0.2) is 9.36 Å². The van der Waals surface area contributed by atoms with Gasteiger partial charge in [0, 0.05) is 12.8 Å². The molecule has 0 aliphatic carbocycles. The summed E-state index contributed by atoms with van der Waals surface area (Å²) in [6, 6.07) is -1.55. The van der Waals surface area contributed by atoms with Gasteiger partial charge >= 0.3 is 19.8 Å². The molecule has 63 heavy (non-hydrogen) atoms. The Morgan fingerprint density at radius 1 is 0.524 bits per heavy atom. The highest BCUT2D eigenvalue weighted by atomic mass is 31.2. The molecule has 0 saturated heterocycles. The van der Waals surface area contributed by atoms with E-state index in [0.717, 1.165) is 70.6 Å². The third-order valence-electron chi connectivity index (χ3n) is 10.3. The van der Waals surface area contributed by atoms with Gasteiger partial charge in [-0.3, -0.25) is 18.6 Å². The van der Waals surface area contributed by atoms with Crippen LogP contribution >= 0.6 is 7.82 Å². The Labute approximate surface area is 382 Å². The first-order valence-corrected chi connectivity index (χ1v) is 26.0. The minimum atomic E-state index is -4.77. The summed E-state index contributed by atoms with van der Waals surface area (Å²) in [5.74, 6) is -2.42. The first-order valence-electron chi connectivity index (χ1n) is 24.5. The van der Waals surface area contributed by atoms with Crippen LogP contribution in [-0.2, 0) is 32.7 Å². The number of carboxylic acid groups (broad SMARTS) is 1. The molecule has 11 nitrogen and oxygen atoms in total. The van der Waals surface area contributed by atoms with Gasteiger partial charge in [0.05, 0.1) is 13.2 Å². The molecule has 0 aromatic heterocycles. The first-order chi connectivity index (χ1) is 30.6. The number of carboxylic acids is 1. The number of unbranched alkanes of at least 4 members (excludes halogenated alkanes) is 19. The molecule has 4 N–H and O–H groups in total. The van der Waals surface area contributed by atoms with Crippen LogP contribution in [0, 0.1) is 0 Å². The lowest BCUT2D eigenvalue weighted by Gasteiger charge is -2.18. The second kappa shape index (κ2) is 45.5. The number of amides is 1. The number of hydrogen-bond acceptors (Lipinski definition) is 8. The molecule has 0 bridgehead atoms. The second-order valence-electron chi connectivity index (χ2n) is 16.3. The molecule has 0 spiro atoms. The molecule has 0 saturated carbocycles. The third kappa shape index (κ3) is 45.3. The minimum Gasteiger partial charge on any atom is -0.480 e. The average molecular weight is 906 g/mol. The number of carbonyl (C=O) groups is 3. The predicted molar refractivity (Wildman–Crippen MR) is 258 cm³/mol. The molecule has 362 valence electrons. The maximum absolute atomic E-state index is 12.3. The van der Waals surface area contributed by atoms with E-state index in [0.29, 0.717) is 12.8 Å². The van der Waals surface area contributed by atoms with E-state index in [1.54, 1.807) is 0 Å². The van der Waals surface area contributed by atoms with Crippen LogP contribution < -0.4 is 5.32 Å². The molecule has 0 aromatic rings. The van der Waals surface area contributed by atoms with Crippen LogP contribution in [0.15, 0.2) is 72.9 Å². The van der Waals surface area contributed by atoms with Gasteiger partial charge in [-0.1, -0.05) is 196 Å². The summed E-state index contributed by atoms with van der Waals surface area (Å²) in [5, 5.41) is 21.9. The molecule has 1 amide bonds. The molecule has 3 unspecified atom stereocenters. The van der Waals surface area contributed by atoms with Crippen LogP contribution in [0.3, 0.4) is 0 Å². The van der Waals surface area contributed by atoms with E-state index in [2.05, 4.69) is 92.1 Å². The smallest absolute Gasteiger partial charge is 0.472 e. The van der Waals surface area contributed by atoms with Gasteiger partial charge in [-0.2, -0.15) is 0 Å². The fraction of sp³-hybridized carbons (Fsp3) is 0.706. The Morgan fingerprint density at radius 3 is 1.37 bits per heavy atom. The van der Waals surface area contributed by atoms with E-state index < -0.39 is 57.6 Å². The lowest BCUT2D eigenvalue weighted by atomic mass is 10.0. The van der Waals surface area contributed by atoms with E-state index in [-0.39, 0.29) is 12.8 Å². The number of nitrogens with one attached hydrogen (secondary N) is 1. The van der Waals surface area contributed by atoms with E-state index in [4.69, 9.17) is 13.8 Å². The maximum Gasteiger partial charge on any atom is 0.472 e. The Kier molecular flexibility index (Phi) is 43.3. The number of carbonyl (C=O) groups excluding carboxylic acids is 2. The zero-order valence-corrected chi connectivity index (χ0v) is 40.3. The van der Waals surface area contributed by atoms with Crippen molar-refractivity contribution in [3.8, 4) is 0 Å². The zero-order valence-electron chi connectivity index (χ0n) is 39.4. The first kappa shape index (κ1) is 59.9. The van der Waals surface area contributed by atoms with Crippen molar-refractivity contribution in [1.82, 2.24) is 5.32 Å². The normalized spacial score (nSPS) is 14.2. The van der Waals surface area contributed by atoms with Gasteiger partial charge in [0.1, 0.15) is 12.7 Å². The quantitative estimate of drug-likeness (QED) is 0.0200. The van der Waals surface area contributed by atoms with Crippen LogP contribution in [0.1, 0.15) is 200 Å². The summed E-state index contributed by atoms with van der Waals surface area (Å²) < 4.78 is 26.9. The van der Waals surface area contributed by atoms with Crippen molar-refractivity contribution < 1.29 is 47.8 Å². The van der Waals surface area contributed by atoms with Crippen molar-refractivity contribution in [2.24, 2.45) is 0 Å². The van der Waals surface area contributed by atoms with Crippen LogP contribution in [0.4, 0.5) is 0 Å². The monoisotopic (exact) mass is 906 g/mol. The number of allylic oxidation sites excluding steroid dienone is 12. The Balaban J connectivity index is 3.92. The molecule has 0 fully saturated rings. The highest BCUT2D eigenvalue weighted by molar-refractivity contribution is 7.47. The highest BCUT2D eigenvalue weighted by Crippen LogP contribution is 2.43. The number of rotatable bonds is 45. The predicted octanol–water partition coefficient (Wildman–Crippen LogP) is 13.3. The number of hydrogen-bond donors (Lipinski definition) is 4. The van der Waals surface area contributed by atoms with Crippen molar-refractivity contribution >= 4 is 25.7 Å². The van der Waals surface area contributed by atoms with Crippen LogP contribution in [-0.4, -0.2) is 64.9 Å². The number of aliphatic hydroxyl groups is 1. The fourth-order valence-corrected chi connectivity index (χ4v) is 7.27. The van der Waals surface area contributed by atoms with Gasteiger partial charge in [-0.15, -0.1) is 0 Å². The summed E-state index contributed by atoms with van der Waals surface area (Å²) in [4.78, 5) is 46.1. The summed E-state index contributed by atoms with van der Waals surface area (Å²) in [7, 11) is -4.77. The minimum absolute atomic E-state index is 0.143. The largest absolute Gasteiger partial charge is 0.480 e. The molecule has 0 heterocycles. The fourth-order valence-electron chi connectivity index (χ4n) is 6.50. The van der Waals surface area contributed by atoms with Gasteiger partial charge < -0.3 is 25.2 Å². The number of phosphoric acid groups is 1. The van der Waals surface area contributed by atoms with Gasteiger partial charge in [-0.05, 0) is 64.2 Å². The average Bonchev–Trinajstić information content (AvgIpc) is 3.26. The van der Waals surface area contributed by atoms with Gasteiger partial charge in [0.25, 0.3) is 0 Å². The van der Waals surface area contributed by atoms with Crippen molar-refractivity contribution in [2.75, 3.05) is 19.8 Å². The van der Waals surface area contributed by atoms with E-state index in [1.165, 1.54) is 89.9 Å². The summed E-state index contributed by atoms with van der Waals surface area (Å²) in [6.07, 6.45) is 54.9. The Bertz CT molecular complexity index is 1340. The van der Waals surface area contributed by atoms with Crippen molar-refractivity contribution in [2.45, 2.75) is 212 Å². The number of ether oxygens (including phenoxy) is 1. The van der Waals surface area contributed by atoms with Crippen LogP contribution in [0.5, 0.6) is 0 Å². The number of aliphatic hydroxyl groups excluding tert-OH is 1. The zero-order chi connectivity index (χ0) is 46.3. The maximum atomic E-state index is 12.3. The lowest BCUT2D eigenvalue weighted by Crippen LogP contribution is -2.43. The molecule has 0 radical (unpaired) electrons. The van der Waals surface area contributed by atoms with Crippen LogP contribution in [0.2, 0.25) is 0 Å². The van der Waals surface area contributed by atoms with E-state index >= 15 is 0 Å². The summed E-state index contributed by atoms with van der Waals surface area (Å²) in [5.41, 5.74) is 0. The molecular weight excluding hydrogens is 818 g/mol. The molecule has 0 aliphatic heterocycles. The molecule has 0 aromatic carbocycles. The highest BCUT2D eigenvalue weighted by Gasteiger charge is 2.28. The lowest BCUT2D eigenvalue weighted by molar-refractivity contribution is -0.147. The van der Waals surface area contributed by atoms with Gasteiger partial charge in [0.15, 0.2) is 6.04 Å². The molecule has 0 aliphatic rings. The van der Waals surface area contributed by atoms with E-state index in [1.807, 2.05) is 0 Å². The number of esters is 1. The third-order valence-corrected chi connectivity index (χ3v) is 11.2. The SMILES string of the molecule is CC/C=C\C/C=C\C/C=C\C/C=C\C/C=C\C/C=C\CCCCC(=O)OCC(O)COP(=O)(O)OCC(NC(=O)CCCCCCCCCCCCCCCCCCCC)C(=O)O. The number of phosphoric ester groups is 1. The molecule has 3 atom stereocenters. The molecular formula is C51H88NO10P. The number of aliphatic carboxylic acids is 1. The van der Waals surface area contributed by atoms with Crippen LogP contribution in [0.25, 0.3) is 0 Å².